The van der Waals surface area contributed by atoms with E-state index in [4.69, 9.17) is 14.2 Å². The molecule has 0 saturated carbocycles. The number of benzene rings is 2. The third-order valence-corrected chi connectivity index (χ3v) is 4.95. The molecule has 2 aromatic carbocycles. The second kappa shape index (κ2) is 5.87. The minimum atomic E-state index is -0.397. The molecule has 2 heterocycles. The summed E-state index contributed by atoms with van der Waals surface area (Å²) in [5.41, 5.74) is 2.46. The van der Waals surface area contributed by atoms with E-state index < -0.39 is 5.60 Å². The Kier molecular flexibility index (Phi) is 3.75. The Morgan fingerprint density at radius 3 is 2.69 bits per heavy atom. The van der Waals surface area contributed by atoms with Crippen molar-refractivity contribution in [1.29, 1.82) is 0 Å². The molecule has 0 aliphatic carbocycles. The van der Waals surface area contributed by atoms with E-state index in [1.165, 1.54) is 6.07 Å². The lowest BCUT2D eigenvalue weighted by molar-refractivity contribution is 0.153. The maximum absolute atomic E-state index is 10.0. The van der Waals surface area contributed by atoms with Crippen LogP contribution in [0.1, 0.15) is 36.5 Å². The molecule has 0 radical (unpaired) electrons. The van der Waals surface area contributed by atoms with Crippen LogP contribution < -0.4 is 14.2 Å². The molecule has 0 bridgehead atoms. The predicted molar refractivity (Wildman–Crippen MR) is 98.4 cm³/mol. The monoisotopic (exact) mass is 354 g/mol. The molecule has 2 aromatic rings. The number of phenolic OH excluding ortho intramolecular Hbond substituents is 2. The Balaban J connectivity index is 1.76. The predicted octanol–water partition coefficient (Wildman–Crippen LogP) is 4.01. The van der Waals surface area contributed by atoms with E-state index in [1.54, 1.807) is 13.2 Å². The molecule has 2 aliphatic heterocycles. The Hall–Kier alpha value is -2.82. The molecule has 0 amide bonds. The summed E-state index contributed by atoms with van der Waals surface area (Å²) in [6, 6.07) is 7.25. The van der Waals surface area contributed by atoms with Crippen molar-refractivity contribution in [3.8, 4) is 28.7 Å². The first kappa shape index (κ1) is 16.6. The number of aromatic hydroxyl groups is 2. The third kappa shape index (κ3) is 2.64. The fourth-order valence-electron chi connectivity index (χ4n) is 3.58. The average Bonchev–Trinajstić information content (AvgIpc) is 2.62. The van der Waals surface area contributed by atoms with Crippen LogP contribution in [-0.2, 0) is 6.42 Å². The number of rotatable bonds is 2. The smallest absolute Gasteiger partial charge is 0.200 e. The average molecular weight is 354 g/mol. The molecule has 5 nitrogen and oxygen atoms in total. The van der Waals surface area contributed by atoms with E-state index in [0.717, 1.165) is 28.2 Å². The summed E-state index contributed by atoms with van der Waals surface area (Å²) in [7, 11) is 1.65. The molecule has 26 heavy (non-hydrogen) atoms. The zero-order valence-electron chi connectivity index (χ0n) is 15.1. The van der Waals surface area contributed by atoms with Crippen LogP contribution in [0, 0.1) is 0 Å². The maximum Gasteiger partial charge on any atom is 0.200 e. The molecule has 2 aliphatic rings. The fraction of sp³-hybridized carbons (Fsp3) is 0.333. The molecular weight excluding hydrogens is 332 g/mol. The van der Waals surface area contributed by atoms with Crippen LogP contribution in [0.15, 0.2) is 30.3 Å². The fourth-order valence-corrected chi connectivity index (χ4v) is 3.58. The normalized spacial score (nSPS) is 19.7. The van der Waals surface area contributed by atoms with Crippen molar-refractivity contribution in [3.63, 3.8) is 0 Å². The van der Waals surface area contributed by atoms with Gasteiger partial charge in [0.1, 0.15) is 17.1 Å². The Morgan fingerprint density at radius 1 is 1.12 bits per heavy atom. The molecule has 0 saturated heterocycles. The van der Waals surface area contributed by atoms with E-state index in [9.17, 15) is 10.2 Å². The minimum Gasteiger partial charge on any atom is -0.504 e. The first-order valence-electron chi connectivity index (χ1n) is 8.65. The molecular formula is C21H22O5. The van der Waals surface area contributed by atoms with Gasteiger partial charge < -0.3 is 24.4 Å². The first-order valence-corrected chi connectivity index (χ1v) is 8.65. The molecule has 1 atom stereocenters. The van der Waals surface area contributed by atoms with Gasteiger partial charge in [0.2, 0.25) is 5.75 Å². The Morgan fingerprint density at radius 2 is 1.92 bits per heavy atom. The van der Waals surface area contributed by atoms with Gasteiger partial charge in [0.25, 0.3) is 0 Å². The number of hydrogen-bond acceptors (Lipinski definition) is 5. The van der Waals surface area contributed by atoms with Gasteiger partial charge in [-0.15, -0.1) is 0 Å². The van der Waals surface area contributed by atoms with Crippen molar-refractivity contribution >= 4 is 6.08 Å². The lowest BCUT2D eigenvalue weighted by Gasteiger charge is -2.33. The topological polar surface area (TPSA) is 68.2 Å². The van der Waals surface area contributed by atoms with Crippen LogP contribution in [0.4, 0.5) is 0 Å². The molecule has 5 heteroatoms. The van der Waals surface area contributed by atoms with Gasteiger partial charge in [-0.3, -0.25) is 0 Å². The number of fused-ring (bicyclic) bond motifs is 2. The number of hydrogen-bond donors (Lipinski definition) is 2. The third-order valence-electron chi connectivity index (χ3n) is 4.95. The van der Waals surface area contributed by atoms with Gasteiger partial charge in [0, 0.05) is 11.5 Å². The van der Waals surface area contributed by atoms with Gasteiger partial charge >= 0.3 is 0 Å². The number of phenols is 2. The SMILES string of the molecule is COc1ccc([C@H]2COc3c(ccc(O)c3O)C2)c2c1C=CC(C)(C)O2. The Bertz CT molecular complexity index is 898. The van der Waals surface area contributed by atoms with Crippen molar-refractivity contribution in [3.05, 3.63) is 47.0 Å². The summed E-state index contributed by atoms with van der Waals surface area (Å²) in [5.74, 6) is 1.67. The first-order chi connectivity index (χ1) is 12.4. The van der Waals surface area contributed by atoms with Gasteiger partial charge in [-0.1, -0.05) is 12.1 Å². The lowest BCUT2D eigenvalue weighted by atomic mass is 9.87. The van der Waals surface area contributed by atoms with Crippen LogP contribution in [0.5, 0.6) is 28.7 Å². The molecule has 136 valence electrons. The van der Waals surface area contributed by atoms with Gasteiger partial charge in [0.05, 0.1) is 19.3 Å². The summed E-state index contributed by atoms with van der Waals surface area (Å²) >= 11 is 0. The second-order valence-corrected chi connectivity index (χ2v) is 7.27. The highest BCUT2D eigenvalue weighted by Gasteiger charge is 2.32. The summed E-state index contributed by atoms with van der Waals surface area (Å²) in [4.78, 5) is 0. The highest BCUT2D eigenvalue weighted by atomic mass is 16.5. The van der Waals surface area contributed by atoms with Crippen LogP contribution in [-0.4, -0.2) is 29.5 Å². The van der Waals surface area contributed by atoms with Gasteiger partial charge in [-0.25, -0.2) is 0 Å². The van der Waals surface area contributed by atoms with Crippen molar-refractivity contribution in [2.75, 3.05) is 13.7 Å². The molecule has 0 spiro atoms. The minimum absolute atomic E-state index is 0.0772. The molecule has 0 unspecified atom stereocenters. The summed E-state index contributed by atoms with van der Waals surface area (Å²) in [5, 5.41) is 19.7. The highest BCUT2D eigenvalue weighted by molar-refractivity contribution is 5.70. The second-order valence-electron chi connectivity index (χ2n) is 7.27. The van der Waals surface area contributed by atoms with Gasteiger partial charge in [-0.2, -0.15) is 0 Å². The summed E-state index contributed by atoms with van der Waals surface area (Å²) < 4.78 is 17.5. The van der Waals surface area contributed by atoms with Crippen molar-refractivity contribution in [1.82, 2.24) is 0 Å². The summed E-state index contributed by atoms with van der Waals surface area (Å²) in [6.45, 7) is 4.43. The van der Waals surface area contributed by atoms with E-state index >= 15 is 0 Å². The van der Waals surface area contributed by atoms with E-state index in [1.807, 2.05) is 38.1 Å². The molecule has 0 aromatic heterocycles. The number of methoxy groups -OCH3 is 1. The zero-order valence-corrected chi connectivity index (χ0v) is 15.1. The number of ether oxygens (including phenoxy) is 3. The standard InChI is InChI=1S/C21H22O5/c1-21(2)9-8-15-17(24-3)7-5-14(20(15)26-21)13-10-12-4-6-16(22)18(23)19(12)25-11-13/h4-9,13,22-23H,10-11H2,1-3H3/t13-/m1/s1. The zero-order chi connectivity index (χ0) is 18.5. The van der Waals surface area contributed by atoms with E-state index in [-0.39, 0.29) is 17.4 Å². The van der Waals surface area contributed by atoms with E-state index in [0.29, 0.717) is 18.8 Å². The lowest BCUT2D eigenvalue weighted by Crippen LogP contribution is -2.29. The Labute approximate surface area is 152 Å². The maximum atomic E-state index is 10.0. The van der Waals surface area contributed by atoms with Crippen molar-refractivity contribution < 1.29 is 24.4 Å². The summed E-state index contributed by atoms with van der Waals surface area (Å²) in [6.07, 6.45) is 4.76. The molecule has 0 fully saturated rings. The van der Waals surface area contributed by atoms with Gasteiger partial charge in [0.15, 0.2) is 11.5 Å². The van der Waals surface area contributed by atoms with E-state index in [2.05, 4.69) is 0 Å². The van der Waals surface area contributed by atoms with Crippen LogP contribution in [0.3, 0.4) is 0 Å². The largest absolute Gasteiger partial charge is 0.504 e. The quantitative estimate of drug-likeness (QED) is 0.798. The molecule has 4 rings (SSSR count). The highest BCUT2D eigenvalue weighted by Crippen LogP contribution is 2.47. The van der Waals surface area contributed by atoms with Gasteiger partial charge in [-0.05, 0) is 50.1 Å². The van der Waals surface area contributed by atoms with Crippen LogP contribution in [0.25, 0.3) is 6.08 Å². The molecule has 2 N–H and O–H groups in total. The van der Waals surface area contributed by atoms with Crippen molar-refractivity contribution in [2.24, 2.45) is 0 Å². The van der Waals surface area contributed by atoms with Crippen LogP contribution in [0.2, 0.25) is 0 Å². The van der Waals surface area contributed by atoms with Crippen LogP contribution >= 0.6 is 0 Å². The van der Waals surface area contributed by atoms with Crippen molar-refractivity contribution in [2.45, 2.75) is 31.8 Å².